The van der Waals surface area contributed by atoms with Crippen LogP contribution in [0.1, 0.15) is 37.8 Å². The molecule has 2 atom stereocenters. The molecule has 11 heteroatoms. The zero-order chi connectivity index (χ0) is 28.0. The van der Waals surface area contributed by atoms with Crippen LogP contribution in [0, 0.1) is 0 Å². The van der Waals surface area contributed by atoms with E-state index in [1.54, 1.807) is 38.1 Å². The Morgan fingerprint density at radius 1 is 0.947 bits per heavy atom. The second kappa shape index (κ2) is 12.3. The molecule has 1 aliphatic rings. The van der Waals surface area contributed by atoms with Crippen LogP contribution in [-0.4, -0.2) is 42.2 Å². The van der Waals surface area contributed by atoms with Gasteiger partial charge in [-0.25, -0.2) is 9.59 Å². The van der Waals surface area contributed by atoms with Gasteiger partial charge in [-0.05, 0) is 56.7 Å². The van der Waals surface area contributed by atoms with Gasteiger partial charge in [-0.2, -0.15) is 13.2 Å². The Labute approximate surface area is 221 Å². The molecule has 0 amide bonds. The molecule has 1 aliphatic heterocycles. The van der Waals surface area contributed by atoms with Crippen molar-refractivity contribution in [1.82, 2.24) is 5.32 Å². The monoisotopic (exact) mass is 551 g/mol. The summed E-state index contributed by atoms with van der Waals surface area (Å²) in [5.41, 5.74) is -1.46. The predicted molar refractivity (Wildman–Crippen MR) is 135 cm³/mol. The number of carbonyl (C=O) groups is 2. The van der Waals surface area contributed by atoms with Crippen LogP contribution in [0.2, 0.25) is 0 Å². The van der Waals surface area contributed by atoms with E-state index < -0.39 is 40.4 Å². The normalized spacial score (nSPS) is 16.6. The fourth-order valence-electron chi connectivity index (χ4n) is 4.20. The molecule has 0 aromatic heterocycles. The number of carbonyl (C=O) groups excluding carboxylic acids is 2. The Balaban J connectivity index is 2.25. The molecule has 0 bridgehead atoms. The molecule has 0 spiro atoms. The van der Waals surface area contributed by atoms with Crippen LogP contribution in [0.3, 0.4) is 0 Å². The molecule has 7 nitrogen and oxygen atoms in total. The summed E-state index contributed by atoms with van der Waals surface area (Å²) >= 11 is 0. The lowest BCUT2D eigenvalue weighted by atomic mass is 9.78. The van der Waals surface area contributed by atoms with Crippen LogP contribution in [0.25, 0.3) is 0 Å². The first-order valence-electron chi connectivity index (χ1n) is 11.8. The first kappa shape index (κ1) is 29.0. The van der Waals surface area contributed by atoms with Crippen molar-refractivity contribution in [3.8, 4) is 5.75 Å². The zero-order valence-corrected chi connectivity index (χ0v) is 22.1. The third-order valence-electron chi connectivity index (χ3n) is 5.81. The summed E-state index contributed by atoms with van der Waals surface area (Å²) in [4.78, 5) is 26.7. The number of dihydropyridines is 1. The lowest BCUT2D eigenvalue weighted by Gasteiger charge is -2.32. The minimum absolute atomic E-state index is 0.0317. The Bertz CT molecular complexity index is 1280. The SMILES string of the molecule is CCOC(=O)C1=C(C)NC(CS(=O)c2ccc(OC)cc2)=C(C(=O)OCC)C1c1ccccc1C(F)(F)F. The Kier molecular flexibility index (Phi) is 9.37. The Morgan fingerprint density at radius 3 is 2.08 bits per heavy atom. The van der Waals surface area contributed by atoms with Gasteiger partial charge in [0.05, 0.1) is 59.5 Å². The van der Waals surface area contributed by atoms with Crippen molar-refractivity contribution in [2.24, 2.45) is 0 Å². The van der Waals surface area contributed by atoms with E-state index in [9.17, 15) is 27.0 Å². The smallest absolute Gasteiger partial charge is 0.416 e. The van der Waals surface area contributed by atoms with Crippen molar-refractivity contribution in [3.05, 3.63) is 82.2 Å². The molecule has 0 aliphatic carbocycles. The molecule has 0 saturated carbocycles. The number of methoxy groups -OCH3 is 1. The van der Waals surface area contributed by atoms with Crippen LogP contribution in [0.4, 0.5) is 13.2 Å². The average Bonchev–Trinajstić information content (AvgIpc) is 2.88. The van der Waals surface area contributed by atoms with Gasteiger partial charge in [0.15, 0.2) is 0 Å². The van der Waals surface area contributed by atoms with Crippen LogP contribution < -0.4 is 10.1 Å². The lowest BCUT2D eigenvalue weighted by Crippen LogP contribution is -2.35. The number of halogens is 3. The molecule has 0 radical (unpaired) electrons. The van der Waals surface area contributed by atoms with Crippen LogP contribution in [0.5, 0.6) is 5.75 Å². The minimum Gasteiger partial charge on any atom is -0.497 e. The predicted octanol–water partition coefficient (Wildman–Crippen LogP) is 4.86. The molecule has 0 saturated heterocycles. The lowest BCUT2D eigenvalue weighted by molar-refractivity contribution is -0.142. The van der Waals surface area contributed by atoms with Crippen LogP contribution in [0.15, 0.2) is 76.0 Å². The van der Waals surface area contributed by atoms with Gasteiger partial charge in [-0.3, -0.25) is 4.21 Å². The summed E-state index contributed by atoms with van der Waals surface area (Å²) in [5.74, 6) is -2.99. The molecule has 0 fully saturated rings. The van der Waals surface area contributed by atoms with E-state index in [1.807, 2.05) is 0 Å². The molecule has 204 valence electrons. The third kappa shape index (κ3) is 6.27. The molecular formula is C27H28F3NO6S. The summed E-state index contributed by atoms with van der Waals surface area (Å²) < 4.78 is 71.1. The number of hydrogen-bond donors (Lipinski definition) is 1. The second-order valence-corrected chi connectivity index (χ2v) is 9.63. The quantitative estimate of drug-likeness (QED) is 0.445. The van der Waals surface area contributed by atoms with Crippen LogP contribution >= 0.6 is 0 Å². The number of esters is 2. The van der Waals surface area contributed by atoms with E-state index in [2.05, 4.69) is 5.32 Å². The first-order valence-corrected chi connectivity index (χ1v) is 13.1. The van der Waals surface area contributed by atoms with Gasteiger partial charge in [-0.1, -0.05) is 18.2 Å². The van der Waals surface area contributed by atoms with Crippen molar-refractivity contribution < 1.29 is 41.2 Å². The molecule has 38 heavy (non-hydrogen) atoms. The van der Waals surface area contributed by atoms with Gasteiger partial charge in [0.25, 0.3) is 0 Å². The number of hydrogen-bond acceptors (Lipinski definition) is 7. The molecule has 2 aromatic rings. The van der Waals surface area contributed by atoms with Crippen molar-refractivity contribution in [3.63, 3.8) is 0 Å². The first-order chi connectivity index (χ1) is 18.0. The summed E-state index contributed by atoms with van der Waals surface area (Å²) in [7, 11) is -0.222. The number of ether oxygens (including phenoxy) is 3. The number of benzene rings is 2. The number of alkyl halides is 3. The molecule has 3 rings (SSSR count). The van der Waals surface area contributed by atoms with Crippen molar-refractivity contribution >= 4 is 22.7 Å². The van der Waals surface area contributed by atoms with Crippen molar-refractivity contribution in [2.75, 3.05) is 26.1 Å². The maximum atomic E-state index is 14.1. The van der Waals surface area contributed by atoms with Gasteiger partial charge < -0.3 is 19.5 Å². The molecule has 1 heterocycles. The summed E-state index contributed by atoms with van der Waals surface area (Å²) in [6.07, 6.45) is -4.78. The maximum Gasteiger partial charge on any atom is 0.416 e. The highest BCUT2D eigenvalue weighted by atomic mass is 32.2. The van der Waals surface area contributed by atoms with E-state index in [0.29, 0.717) is 10.6 Å². The molecule has 1 N–H and O–H groups in total. The van der Waals surface area contributed by atoms with E-state index in [0.717, 1.165) is 6.07 Å². The highest BCUT2D eigenvalue weighted by Crippen LogP contribution is 2.44. The van der Waals surface area contributed by atoms with E-state index >= 15 is 0 Å². The number of nitrogens with one attached hydrogen (secondary N) is 1. The van der Waals surface area contributed by atoms with Crippen molar-refractivity contribution in [1.29, 1.82) is 0 Å². The summed E-state index contributed by atoms with van der Waals surface area (Å²) in [5, 5.41) is 2.93. The maximum absolute atomic E-state index is 14.1. The van der Waals surface area contributed by atoms with Gasteiger partial charge in [0.1, 0.15) is 5.75 Å². The molecule has 2 aromatic carbocycles. The third-order valence-corrected chi connectivity index (χ3v) is 7.16. The van der Waals surface area contributed by atoms with Crippen molar-refractivity contribution in [2.45, 2.75) is 37.8 Å². The number of allylic oxidation sites excluding steroid dienone is 1. The fourth-order valence-corrected chi connectivity index (χ4v) is 5.30. The highest BCUT2D eigenvalue weighted by Gasteiger charge is 2.44. The fraction of sp³-hybridized carbons (Fsp3) is 0.333. The van der Waals surface area contributed by atoms with E-state index in [1.165, 1.54) is 32.2 Å². The van der Waals surface area contributed by atoms with E-state index in [-0.39, 0.29) is 47.1 Å². The highest BCUT2D eigenvalue weighted by molar-refractivity contribution is 7.85. The summed E-state index contributed by atoms with van der Waals surface area (Å²) in [6, 6.07) is 11.1. The number of rotatable bonds is 9. The average molecular weight is 552 g/mol. The largest absolute Gasteiger partial charge is 0.497 e. The van der Waals surface area contributed by atoms with Gasteiger partial charge in [0.2, 0.25) is 0 Å². The molecular weight excluding hydrogens is 523 g/mol. The second-order valence-electron chi connectivity index (χ2n) is 8.18. The van der Waals surface area contributed by atoms with Gasteiger partial charge in [-0.15, -0.1) is 0 Å². The topological polar surface area (TPSA) is 90.9 Å². The minimum atomic E-state index is -4.78. The van der Waals surface area contributed by atoms with Gasteiger partial charge >= 0.3 is 18.1 Å². The Hall–Kier alpha value is -3.60. The van der Waals surface area contributed by atoms with E-state index in [4.69, 9.17) is 14.2 Å². The van der Waals surface area contributed by atoms with Crippen LogP contribution in [-0.2, 0) is 36.0 Å². The standard InChI is InChI=1S/C27H28F3NO6S/c1-5-36-25(32)22-16(3)31-21(15-38(34)18-13-11-17(35-4)12-14-18)24(26(33)37-6-2)23(22)19-9-7-8-10-20(19)27(28,29)30/h7-14,23,31H,5-6,15H2,1-4H3. The Morgan fingerprint density at radius 2 is 1.53 bits per heavy atom. The van der Waals surface area contributed by atoms with Gasteiger partial charge in [0, 0.05) is 16.3 Å². The molecule has 2 unspecified atom stereocenters. The zero-order valence-electron chi connectivity index (χ0n) is 21.3. The summed E-state index contributed by atoms with van der Waals surface area (Å²) in [6.45, 7) is 4.51.